The monoisotopic (exact) mass is 387 g/mol. The van der Waals surface area contributed by atoms with Gasteiger partial charge in [-0.2, -0.15) is 0 Å². The minimum absolute atomic E-state index is 0.327. The van der Waals surface area contributed by atoms with Crippen LogP contribution >= 0.6 is 18.7 Å². The molecular weight excluding hydrogens is 361 g/mol. The maximum Gasteiger partial charge on any atom is 0.410 e. The van der Waals surface area contributed by atoms with Crippen LogP contribution in [0.15, 0.2) is 18.2 Å². The molecule has 0 saturated carbocycles. The molecule has 1 fully saturated rings. The lowest BCUT2D eigenvalue weighted by Crippen LogP contribution is -2.40. The van der Waals surface area contributed by atoms with Gasteiger partial charge in [0.05, 0.1) is 12.6 Å². The summed E-state index contributed by atoms with van der Waals surface area (Å²) in [5.41, 5.74) is 0.214. The Morgan fingerprint density at radius 3 is 2.60 bits per heavy atom. The topological polar surface area (TPSA) is 55.8 Å². The van der Waals surface area contributed by atoms with Gasteiger partial charge in [-0.05, 0) is 52.2 Å². The maximum atomic E-state index is 12.6. The van der Waals surface area contributed by atoms with Crippen molar-refractivity contribution in [2.24, 2.45) is 0 Å². The Morgan fingerprint density at radius 2 is 2.04 bits per heavy atom. The fraction of sp³-hybridized carbons (Fsp3) is 0.611. The molecule has 1 saturated heterocycles. The van der Waals surface area contributed by atoms with Gasteiger partial charge in [-0.15, -0.1) is 0 Å². The van der Waals surface area contributed by atoms with Crippen LogP contribution in [0.3, 0.4) is 0 Å². The molecule has 1 aromatic rings. The van der Waals surface area contributed by atoms with E-state index in [0.29, 0.717) is 24.8 Å². The molecule has 0 aromatic heterocycles. The van der Waals surface area contributed by atoms with E-state index in [0.717, 1.165) is 17.3 Å². The van der Waals surface area contributed by atoms with Gasteiger partial charge in [0.2, 0.25) is 0 Å². The SMILES string of the molecule is CC(C)(C)OC(=O)N1CCCOCC1c1ccc(P(C)(C)=O)cc1Cl. The number of hydrogen-bond acceptors (Lipinski definition) is 4. The molecule has 1 heterocycles. The minimum Gasteiger partial charge on any atom is -0.444 e. The highest BCUT2D eigenvalue weighted by atomic mass is 35.5. The average molecular weight is 388 g/mol. The van der Waals surface area contributed by atoms with Crippen LogP contribution in [0.4, 0.5) is 4.79 Å². The van der Waals surface area contributed by atoms with Crippen LogP contribution in [0, 0.1) is 0 Å². The van der Waals surface area contributed by atoms with Crippen LogP contribution in [0.5, 0.6) is 0 Å². The third-order valence-corrected chi connectivity index (χ3v) is 5.78. The fourth-order valence-electron chi connectivity index (χ4n) is 2.70. The zero-order valence-corrected chi connectivity index (χ0v) is 17.2. The van der Waals surface area contributed by atoms with Gasteiger partial charge < -0.3 is 14.0 Å². The predicted octanol–water partition coefficient (Wildman–Crippen LogP) is 4.29. The minimum atomic E-state index is -2.40. The first-order chi connectivity index (χ1) is 11.5. The Bertz CT molecular complexity index is 680. The van der Waals surface area contributed by atoms with Gasteiger partial charge in [-0.1, -0.05) is 23.7 Å². The lowest BCUT2D eigenvalue weighted by Gasteiger charge is -2.32. The number of rotatable bonds is 2. The first-order valence-corrected chi connectivity index (χ1v) is 11.4. The molecule has 2 rings (SSSR count). The molecule has 0 radical (unpaired) electrons. The van der Waals surface area contributed by atoms with Crippen LogP contribution in [0.1, 0.15) is 38.8 Å². The van der Waals surface area contributed by atoms with Crippen molar-refractivity contribution >= 4 is 30.1 Å². The second kappa shape index (κ2) is 7.69. The number of carbonyl (C=O) groups excluding carboxylic acids is 1. The van der Waals surface area contributed by atoms with Gasteiger partial charge in [-0.3, -0.25) is 4.90 Å². The van der Waals surface area contributed by atoms with Crippen LogP contribution in [0.25, 0.3) is 0 Å². The average Bonchev–Trinajstić information content (AvgIpc) is 2.70. The zero-order valence-electron chi connectivity index (χ0n) is 15.5. The van der Waals surface area contributed by atoms with E-state index in [-0.39, 0.29) is 12.1 Å². The smallest absolute Gasteiger partial charge is 0.410 e. The molecule has 1 atom stereocenters. The van der Waals surface area contributed by atoms with E-state index in [1.54, 1.807) is 24.3 Å². The highest BCUT2D eigenvalue weighted by Crippen LogP contribution is 2.38. The Hall–Kier alpha value is -1.03. The lowest BCUT2D eigenvalue weighted by atomic mass is 10.1. The van der Waals surface area contributed by atoms with Gasteiger partial charge in [-0.25, -0.2) is 4.79 Å². The van der Waals surface area contributed by atoms with Crippen molar-refractivity contribution < 1.29 is 18.8 Å². The van der Waals surface area contributed by atoms with E-state index in [2.05, 4.69) is 0 Å². The normalized spacial score (nSPS) is 19.4. The maximum absolute atomic E-state index is 12.6. The van der Waals surface area contributed by atoms with Crippen molar-refractivity contribution in [3.8, 4) is 0 Å². The molecule has 7 heteroatoms. The van der Waals surface area contributed by atoms with Gasteiger partial charge in [0.15, 0.2) is 0 Å². The zero-order chi connectivity index (χ0) is 18.8. The molecule has 1 aliphatic rings. The van der Waals surface area contributed by atoms with Crippen LogP contribution < -0.4 is 5.30 Å². The van der Waals surface area contributed by atoms with Crippen molar-refractivity contribution in [1.82, 2.24) is 4.90 Å². The van der Waals surface area contributed by atoms with Crippen molar-refractivity contribution in [3.63, 3.8) is 0 Å². The highest BCUT2D eigenvalue weighted by Gasteiger charge is 2.32. The third kappa shape index (κ3) is 5.47. The summed E-state index contributed by atoms with van der Waals surface area (Å²) in [6.07, 6.45) is 0.365. The second-order valence-corrected chi connectivity index (χ2v) is 11.3. The summed E-state index contributed by atoms with van der Waals surface area (Å²) in [6.45, 7) is 10.4. The third-order valence-electron chi connectivity index (χ3n) is 3.93. The number of halogens is 1. The number of nitrogens with zero attached hydrogens (tertiary/aromatic N) is 1. The van der Waals surface area contributed by atoms with Gasteiger partial charge in [0.1, 0.15) is 12.7 Å². The summed E-state index contributed by atoms with van der Waals surface area (Å²) in [4.78, 5) is 14.3. The summed E-state index contributed by atoms with van der Waals surface area (Å²) in [5.74, 6) is 0. The summed E-state index contributed by atoms with van der Waals surface area (Å²) in [6, 6.07) is 5.07. The molecule has 0 spiro atoms. The molecule has 1 aromatic carbocycles. The molecule has 0 bridgehead atoms. The molecule has 1 aliphatic heterocycles. The first kappa shape index (κ1) is 20.3. The van der Waals surface area contributed by atoms with E-state index in [1.807, 2.05) is 32.9 Å². The second-order valence-electron chi connectivity index (χ2n) is 7.67. The van der Waals surface area contributed by atoms with Crippen LogP contribution in [0.2, 0.25) is 5.02 Å². The van der Waals surface area contributed by atoms with E-state index in [4.69, 9.17) is 21.1 Å². The number of hydrogen-bond donors (Lipinski definition) is 0. The molecule has 140 valence electrons. The molecule has 1 unspecified atom stereocenters. The number of benzene rings is 1. The van der Waals surface area contributed by atoms with Crippen LogP contribution in [-0.2, 0) is 14.0 Å². The lowest BCUT2D eigenvalue weighted by molar-refractivity contribution is 0.0119. The van der Waals surface area contributed by atoms with E-state index in [9.17, 15) is 9.36 Å². The van der Waals surface area contributed by atoms with E-state index in [1.165, 1.54) is 0 Å². The van der Waals surface area contributed by atoms with Crippen molar-refractivity contribution in [3.05, 3.63) is 28.8 Å². The summed E-state index contributed by atoms with van der Waals surface area (Å²) in [5, 5.41) is 1.21. The Morgan fingerprint density at radius 1 is 1.36 bits per heavy atom. The molecule has 0 N–H and O–H groups in total. The van der Waals surface area contributed by atoms with E-state index < -0.39 is 12.7 Å². The largest absolute Gasteiger partial charge is 0.444 e. The van der Waals surface area contributed by atoms with E-state index >= 15 is 0 Å². The molecule has 25 heavy (non-hydrogen) atoms. The predicted molar refractivity (Wildman–Crippen MR) is 102 cm³/mol. The standard InChI is InChI=1S/C18H27ClNO4P/c1-18(2,3)24-17(21)20-9-6-10-23-12-16(20)14-8-7-13(11-15(14)19)25(4,5)22/h7-8,11,16H,6,9-10,12H2,1-5H3. The number of carbonyl (C=O) groups is 1. The summed E-state index contributed by atoms with van der Waals surface area (Å²) in [7, 11) is -2.40. The molecule has 5 nitrogen and oxygen atoms in total. The molecular formula is C18H27ClNO4P. The van der Waals surface area contributed by atoms with Gasteiger partial charge in [0, 0.05) is 23.5 Å². The Balaban J connectivity index is 2.35. The van der Waals surface area contributed by atoms with Gasteiger partial charge in [0.25, 0.3) is 0 Å². The molecule has 0 aliphatic carbocycles. The first-order valence-electron chi connectivity index (χ1n) is 8.41. The van der Waals surface area contributed by atoms with Crippen LogP contribution in [-0.4, -0.2) is 49.7 Å². The quantitative estimate of drug-likeness (QED) is 0.710. The van der Waals surface area contributed by atoms with Crippen molar-refractivity contribution in [1.29, 1.82) is 0 Å². The molecule has 1 amide bonds. The number of ether oxygens (including phenoxy) is 2. The van der Waals surface area contributed by atoms with Gasteiger partial charge >= 0.3 is 6.09 Å². The fourth-order valence-corrected chi connectivity index (χ4v) is 3.95. The summed E-state index contributed by atoms with van der Waals surface area (Å²) < 4.78 is 23.5. The Kier molecular flexibility index (Phi) is 6.24. The summed E-state index contributed by atoms with van der Waals surface area (Å²) >= 11 is 6.47. The Labute approximate surface area is 155 Å². The van der Waals surface area contributed by atoms with Crippen molar-refractivity contribution in [2.75, 3.05) is 33.1 Å². The number of amides is 1. The van der Waals surface area contributed by atoms with Crippen molar-refractivity contribution in [2.45, 2.75) is 38.8 Å². The highest BCUT2D eigenvalue weighted by molar-refractivity contribution is 7.70.